The molecule has 0 aromatic carbocycles. The Hall–Kier alpha value is -1.43. The highest BCUT2D eigenvalue weighted by molar-refractivity contribution is 5.84. The molecule has 0 aliphatic rings. The average Bonchev–Trinajstić information content (AvgIpc) is 2.40. The number of aliphatic hydroxyl groups is 8. The number of carboxylic acid groups (broad SMARTS) is 1. The van der Waals surface area contributed by atoms with Gasteiger partial charge in [-0.05, 0) is 0 Å². The molecule has 0 radical (unpaired) electrons. The molecule has 0 amide bonds. The highest BCUT2D eigenvalue weighted by Crippen LogP contribution is 2.14. The van der Waals surface area contributed by atoms with E-state index in [-0.39, 0.29) is 0 Å². The Labute approximate surface area is 106 Å². The molecular formula is C9H16O10. The molecule has 0 aromatic heterocycles. The van der Waals surface area contributed by atoms with Gasteiger partial charge in [-0.2, -0.15) is 0 Å². The van der Waals surface area contributed by atoms with Gasteiger partial charge in [0.05, 0.1) is 6.61 Å². The molecule has 9 N–H and O–H groups in total. The quantitative estimate of drug-likeness (QED) is 0.165. The van der Waals surface area contributed by atoms with Crippen molar-refractivity contribution in [2.24, 2.45) is 0 Å². The monoisotopic (exact) mass is 284 g/mol. The molecule has 0 aliphatic heterocycles. The van der Waals surface area contributed by atoms with Crippen LogP contribution in [0.2, 0.25) is 0 Å². The van der Waals surface area contributed by atoms with Crippen molar-refractivity contribution in [3.8, 4) is 0 Å². The maximum Gasteiger partial charge on any atom is 0.374 e. The highest BCUT2D eigenvalue weighted by Gasteiger charge is 2.37. The van der Waals surface area contributed by atoms with Crippen LogP contribution < -0.4 is 0 Å². The van der Waals surface area contributed by atoms with Crippen LogP contribution >= 0.6 is 0 Å². The van der Waals surface area contributed by atoms with E-state index in [1.807, 2.05) is 0 Å². The van der Waals surface area contributed by atoms with Crippen molar-refractivity contribution in [3.05, 3.63) is 11.5 Å². The maximum absolute atomic E-state index is 10.3. The van der Waals surface area contributed by atoms with E-state index in [4.69, 9.17) is 25.5 Å². The van der Waals surface area contributed by atoms with Crippen molar-refractivity contribution >= 4 is 5.97 Å². The molecule has 5 atom stereocenters. The molecule has 19 heavy (non-hydrogen) atoms. The second-order valence-corrected chi connectivity index (χ2v) is 3.71. The normalized spacial score (nSPS) is 20.9. The third kappa shape index (κ3) is 4.31. The first-order chi connectivity index (χ1) is 8.64. The fourth-order valence-corrected chi connectivity index (χ4v) is 1.14. The first-order valence-electron chi connectivity index (χ1n) is 5.01. The molecule has 0 fully saturated rings. The van der Waals surface area contributed by atoms with Gasteiger partial charge in [-0.3, -0.25) is 0 Å². The fourth-order valence-electron chi connectivity index (χ4n) is 1.14. The third-order valence-corrected chi connectivity index (χ3v) is 2.33. The number of aliphatic carboxylic acids is 1. The summed E-state index contributed by atoms with van der Waals surface area (Å²) in [7, 11) is 0. The first kappa shape index (κ1) is 17.6. The standard InChI is InChI=1S/C9H16O10/c10-1-2(11)3(12)4(13)5(14)6(15)7(16)8(17)9(18)19/h2-6,10-17H,1H2,(H,18,19)/b8-7+. The number of carboxylic acids is 1. The number of hydrogen-bond donors (Lipinski definition) is 9. The number of aliphatic hydroxyl groups excluding tert-OH is 8. The first-order valence-corrected chi connectivity index (χ1v) is 5.01. The Morgan fingerprint density at radius 3 is 1.68 bits per heavy atom. The summed E-state index contributed by atoms with van der Waals surface area (Å²) < 4.78 is 0. The maximum atomic E-state index is 10.3. The predicted octanol–water partition coefficient (Wildman–Crippen LogP) is -3.80. The molecule has 0 rings (SSSR count). The molecule has 0 bridgehead atoms. The van der Waals surface area contributed by atoms with E-state index in [0.717, 1.165) is 0 Å². The van der Waals surface area contributed by atoms with Crippen LogP contribution in [0, 0.1) is 0 Å². The zero-order valence-electron chi connectivity index (χ0n) is 9.53. The van der Waals surface area contributed by atoms with Crippen molar-refractivity contribution < 1.29 is 50.8 Å². The van der Waals surface area contributed by atoms with Crippen molar-refractivity contribution in [1.29, 1.82) is 0 Å². The van der Waals surface area contributed by atoms with Gasteiger partial charge in [0, 0.05) is 0 Å². The van der Waals surface area contributed by atoms with Crippen LogP contribution in [0.3, 0.4) is 0 Å². The van der Waals surface area contributed by atoms with Crippen molar-refractivity contribution in [2.45, 2.75) is 30.5 Å². The Bertz CT molecular complexity index is 340. The molecule has 10 heteroatoms. The van der Waals surface area contributed by atoms with Gasteiger partial charge in [-0.1, -0.05) is 0 Å². The minimum absolute atomic E-state index is 0.955. The van der Waals surface area contributed by atoms with Crippen molar-refractivity contribution in [3.63, 3.8) is 0 Å². The largest absolute Gasteiger partial charge is 0.506 e. The van der Waals surface area contributed by atoms with Crippen LogP contribution in [0.15, 0.2) is 11.5 Å². The summed E-state index contributed by atoms with van der Waals surface area (Å²) in [6, 6.07) is 0. The van der Waals surface area contributed by atoms with E-state index in [0.29, 0.717) is 0 Å². The van der Waals surface area contributed by atoms with Crippen LogP contribution in [0.5, 0.6) is 0 Å². The topological polar surface area (TPSA) is 199 Å². The Balaban J connectivity index is 4.96. The zero-order valence-corrected chi connectivity index (χ0v) is 9.53. The summed E-state index contributed by atoms with van der Waals surface area (Å²) in [5, 5.41) is 80.9. The third-order valence-electron chi connectivity index (χ3n) is 2.33. The molecule has 0 saturated carbocycles. The van der Waals surface area contributed by atoms with Crippen LogP contribution in [-0.2, 0) is 4.79 Å². The van der Waals surface area contributed by atoms with Gasteiger partial charge < -0.3 is 46.0 Å². The second-order valence-electron chi connectivity index (χ2n) is 3.71. The van der Waals surface area contributed by atoms with Gasteiger partial charge in [0.2, 0.25) is 5.76 Å². The molecule has 0 heterocycles. The van der Waals surface area contributed by atoms with E-state index < -0.39 is 54.6 Å². The summed E-state index contributed by atoms with van der Waals surface area (Å²) in [5.41, 5.74) is 0. The minimum atomic E-state index is -2.42. The second kappa shape index (κ2) is 7.23. The average molecular weight is 284 g/mol. The molecule has 0 aliphatic carbocycles. The molecule has 112 valence electrons. The Morgan fingerprint density at radius 2 is 1.32 bits per heavy atom. The smallest absolute Gasteiger partial charge is 0.374 e. The van der Waals surface area contributed by atoms with Gasteiger partial charge in [0.15, 0.2) is 5.76 Å². The SMILES string of the molecule is O=C(O)/C(O)=C(\O)C(O)C(O)C(O)C(O)C(O)CO. The van der Waals surface area contributed by atoms with Gasteiger partial charge in [0.1, 0.15) is 30.5 Å². The van der Waals surface area contributed by atoms with Crippen molar-refractivity contribution in [1.82, 2.24) is 0 Å². The summed E-state index contributed by atoms with van der Waals surface area (Å²) in [4.78, 5) is 10.3. The lowest BCUT2D eigenvalue weighted by Gasteiger charge is -2.28. The van der Waals surface area contributed by atoms with E-state index in [1.165, 1.54) is 0 Å². The lowest BCUT2D eigenvalue weighted by atomic mass is 9.98. The summed E-state index contributed by atoms with van der Waals surface area (Å²) in [6.45, 7) is -0.955. The van der Waals surface area contributed by atoms with E-state index in [2.05, 4.69) is 0 Å². The summed E-state index contributed by atoms with van der Waals surface area (Å²) in [6.07, 6.45) is -10.9. The molecule has 0 aromatic rings. The lowest BCUT2D eigenvalue weighted by Crippen LogP contribution is -2.50. The molecule has 0 saturated heterocycles. The van der Waals surface area contributed by atoms with Crippen molar-refractivity contribution in [2.75, 3.05) is 6.61 Å². The summed E-state index contributed by atoms with van der Waals surface area (Å²) in [5.74, 6) is -5.19. The van der Waals surface area contributed by atoms with Gasteiger partial charge in [0.25, 0.3) is 0 Å². The fraction of sp³-hybridized carbons (Fsp3) is 0.667. The van der Waals surface area contributed by atoms with Gasteiger partial charge in [-0.15, -0.1) is 0 Å². The molecule has 10 nitrogen and oxygen atoms in total. The zero-order chi connectivity index (χ0) is 15.3. The minimum Gasteiger partial charge on any atom is -0.506 e. The predicted molar refractivity (Wildman–Crippen MR) is 57.0 cm³/mol. The van der Waals surface area contributed by atoms with Crippen LogP contribution in [0.4, 0.5) is 0 Å². The number of rotatable bonds is 7. The van der Waals surface area contributed by atoms with E-state index >= 15 is 0 Å². The molecule has 5 unspecified atom stereocenters. The van der Waals surface area contributed by atoms with Crippen LogP contribution in [0.25, 0.3) is 0 Å². The lowest BCUT2D eigenvalue weighted by molar-refractivity contribution is -0.142. The van der Waals surface area contributed by atoms with Crippen LogP contribution in [0.1, 0.15) is 0 Å². The summed E-state index contributed by atoms with van der Waals surface area (Å²) >= 11 is 0. The highest BCUT2D eigenvalue weighted by atomic mass is 16.4. The van der Waals surface area contributed by atoms with E-state index in [9.17, 15) is 25.2 Å². The number of carbonyl (C=O) groups is 1. The Morgan fingerprint density at radius 1 is 0.842 bits per heavy atom. The molecular weight excluding hydrogens is 268 g/mol. The van der Waals surface area contributed by atoms with Gasteiger partial charge >= 0.3 is 5.97 Å². The van der Waals surface area contributed by atoms with Crippen LogP contribution in [-0.4, -0.2) is 89.1 Å². The molecule has 0 spiro atoms. The van der Waals surface area contributed by atoms with Gasteiger partial charge in [-0.25, -0.2) is 4.79 Å². The Kier molecular flexibility index (Phi) is 6.69. The number of hydrogen-bond acceptors (Lipinski definition) is 9. The van der Waals surface area contributed by atoms with E-state index in [1.54, 1.807) is 0 Å².